The second kappa shape index (κ2) is 11.3. The second-order valence-corrected chi connectivity index (χ2v) is 11.8. The summed E-state index contributed by atoms with van der Waals surface area (Å²) < 4.78 is 18.1. The molecule has 8 nitrogen and oxygen atoms in total. The van der Waals surface area contributed by atoms with Crippen molar-refractivity contribution in [2.24, 2.45) is 0 Å². The fraction of sp³-hybridized carbons (Fsp3) is 0.281. The molecule has 2 aliphatic heterocycles. The third kappa shape index (κ3) is 4.97. The van der Waals surface area contributed by atoms with Crippen molar-refractivity contribution in [2.45, 2.75) is 45.3 Å². The predicted molar refractivity (Wildman–Crippen MR) is 163 cm³/mol. The number of aliphatic hydroxyl groups is 1. The van der Waals surface area contributed by atoms with E-state index in [0.717, 1.165) is 28.9 Å². The number of nitrogens with zero attached hydrogens (tertiary/aromatic N) is 2. The number of benzene rings is 3. The molecule has 0 bridgehead atoms. The van der Waals surface area contributed by atoms with Crippen LogP contribution < -0.4 is 19.1 Å². The minimum Gasteiger partial charge on any atom is -0.507 e. The van der Waals surface area contributed by atoms with E-state index in [4.69, 9.17) is 25.8 Å². The van der Waals surface area contributed by atoms with E-state index in [1.807, 2.05) is 13.0 Å². The number of hydrogen-bond donors (Lipinski definition) is 1. The molecular formula is C32H29ClN2O6S. The quantitative estimate of drug-likeness (QED) is 0.0992. The van der Waals surface area contributed by atoms with Crippen molar-refractivity contribution in [1.82, 2.24) is 4.98 Å². The van der Waals surface area contributed by atoms with Crippen LogP contribution >= 0.6 is 22.9 Å². The molecule has 1 saturated heterocycles. The zero-order valence-corrected chi connectivity index (χ0v) is 24.9. The van der Waals surface area contributed by atoms with E-state index in [0.29, 0.717) is 51.3 Å². The number of amides is 1. The van der Waals surface area contributed by atoms with E-state index >= 15 is 0 Å². The van der Waals surface area contributed by atoms with Gasteiger partial charge in [0.1, 0.15) is 17.6 Å². The molecule has 6 rings (SSSR count). The zero-order valence-electron chi connectivity index (χ0n) is 23.3. The standard InChI is InChI=1S/C32H29ClN2O6S/c1-4-5-12-40-24-11-6-18(15-25(24)39-3)28-27(29(36)19-7-10-23-20(14-19)13-17(2)41-23)30(37)31(38)35(28)32-34-22-9-8-21(33)16-26(22)42-32/h6-11,14-17,28,36H,4-5,12-13H2,1-3H3/b29-27+/t17-,28+/m1/s1. The summed E-state index contributed by atoms with van der Waals surface area (Å²) in [7, 11) is 1.54. The molecule has 1 aromatic heterocycles. The number of fused-ring (bicyclic) bond motifs is 2. The summed E-state index contributed by atoms with van der Waals surface area (Å²) in [5.41, 5.74) is 2.52. The molecule has 3 heterocycles. The maximum atomic E-state index is 13.7. The Hall–Kier alpha value is -4.08. The molecule has 2 aliphatic rings. The van der Waals surface area contributed by atoms with Crippen LogP contribution in [0.2, 0.25) is 5.02 Å². The fourth-order valence-electron chi connectivity index (χ4n) is 5.36. The third-order valence-corrected chi connectivity index (χ3v) is 8.67. The van der Waals surface area contributed by atoms with Crippen molar-refractivity contribution in [2.75, 3.05) is 18.6 Å². The molecular weight excluding hydrogens is 576 g/mol. The Kier molecular flexibility index (Phi) is 7.55. The first-order valence-corrected chi connectivity index (χ1v) is 15.0. The number of aliphatic hydroxyl groups excluding tert-OH is 1. The summed E-state index contributed by atoms with van der Waals surface area (Å²) in [6, 6.07) is 14.8. The third-order valence-electron chi connectivity index (χ3n) is 7.42. The Morgan fingerprint density at radius 1 is 1.14 bits per heavy atom. The van der Waals surface area contributed by atoms with E-state index in [1.165, 1.54) is 23.3 Å². The van der Waals surface area contributed by atoms with Crippen LogP contribution in [0.1, 0.15) is 49.4 Å². The summed E-state index contributed by atoms with van der Waals surface area (Å²) in [6.45, 7) is 4.58. The summed E-state index contributed by atoms with van der Waals surface area (Å²) in [5, 5.41) is 12.5. The van der Waals surface area contributed by atoms with Gasteiger partial charge in [-0.25, -0.2) is 4.98 Å². The van der Waals surface area contributed by atoms with Crippen LogP contribution in [0.25, 0.3) is 16.0 Å². The molecule has 0 unspecified atom stereocenters. The molecule has 2 atom stereocenters. The molecule has 0 aliphatic carbocycles. The Balaban J connectivity index is 1.51. The number of hydrogen-bond acceptors (Lipinski definition) is 8. The van der Waals surface area contributed by atoms with Crippen molar-refractivity contribution >= 4 is 55.7 Å². The highest BCUT2D eigenvalue weighted by atomic mass is 35.5. The van der Waals surface area contributed by atoms with Gasteiger partial charge in [-0.15, -0.1) is 0 Å². The predicted octanol–water partition coefficient (Wildman–Crippen LogP) is 7.09. The van der Waals surface area contributed by atoms with Crippen molar-refractivity contribution in [3.63, 3.8) is 0 Å². The number of unbranched alkanes of at least 4 members (excludes halogenated alkanes) is 1. The highest BCUT2D eigenvalue weighted by molar-refractivity contribution is 7.22. The smallest absolute Gasteiger partial charge is 0.301 e. The van der Waals surface area contributed by atoms with E-state index in [-0.39, 0.29) is 17.4 Å². The Morgan fingerprint density at radius 2 is 1.98 bits per heavy atom. The van der Waals surface area contributed by atoms with Gasteiger partial charge in [-0.2, -0.15) is 0 Å². The Morgan fingerprint density at radius 3 is 2.76 bits per heavy atom. The fourth-order valence-corrected chi connectivity index (χ4v) is 6.63. The number of carbonyl (C=O) groups excluding carboxylic acids is 2. The number of ketones is 1. The van der Waals surface area contributed by atoms with Crippen LogP contribution in [0.5, 0.6) is 17.2 Å². The minimum atomic E-state index is -0.969. The first-order chi connectivity index (χ1) is 20.3. The number of thiazole rings is 1. The Labute approximate surface area is 252 Å². The van der Waals surface area contributed by atoms with Crippen molar-refractivity contribution in [3.8, 4) is 17.2 Å². The number of Topliss-reactive ketones (excluding diaryl/α,β-unsaturated/α-hetero) is 1. The molecule has 0 spiro atoms. The topological polar surface area (TPSA) is 98.2 Å². The number of methoxy groups -OCH3 is 1. The van der Waals surface area contributed by atoms with E-state index in [2.05, 4.69) is 11.9 Å². The zero-order chi connectivity index (χ0) is 29.5. The molecule has 1 fully saturated rings. The maximum Gasteiger partial charge on any atom is 0.301 e. The van der Waals surface area contributed by atoms with Gasteiger partial charge in [0.15, 0.2) is 16.6 Å². The molecule has 0 saturated carbocycles. The molecule has 42 heavy (non-hydrogen) atoms. The first-order valence-electron chi connectivity index (χ1n) is 13.8. The number of carbonyl (C=O) groups is 2. The molecule has 4 aromatic rings. The summed E-state index contributed by atoms with van der Waals surface area (Å²) in [5.74, 6) is -0.112. The maximum absolute atomic E-state index is 13.7. The lowest BCUT2D eigenvalue weighted by Gasteiger charge is -2.24. The van der Waals surface area contributed by atoms with Crippen LogP contribution in [0.3, 0.4) is 0 Å². The van der Waals surface area contributed by atoms with E-state index in [9.17, 15) is 14.7 Å². The van der Waals surface area contributed by atoms with Gasteiger partial charge in [0.25, 0.3) is 5.78 Å². The lowest BCUT2D eigenvalue weighted by atomic mass is 9.94. The molecule has 216 valence electrons. The van der Waals surface area contributed by atoms with Gasteiger partial charge in [0.05, 0.1) is 35.5 Å². The van der Waals surface area contributed by atoms with E-state index < -0.39 is 17.7 Å². The van der Waals surface area contributed by atoms with Crippen molar-refractivity contribution in [1.29, 1.82) is 0 Å². The van der Waals surface area contributed by atoms with Gasteiger partial charge in [-0.3, -0.25) is 14.5 Å². The second-order valence-electron chi connectivity index (χ2n) is 10.3. The molecule has 1 N–H and O–H groups in total. The van der Waals surface area contributed by atoms with Crippen molar-refractivity contribution in [3.05, 3.63) is 81.9 Å². The lowest BCUT2D eigenvalue weighted by molar-refractivity contribution is -0.132. The number of anilines is 1. The average Bonchev–Trinajstić information content (AvgIpc) is 3.64. The average molecular weight is 605 g/mol. The van der Waals surface area contributed by atoms with Gasteiger partial charge in [-0.05, 0) is 73.0 Å². The van der Waals surface area contributed by atoms with Gasteiger partial charge >= 0.3 is 5.91 Å². The summed E-state index contributed by atoms with van der Waals surface area (Å²) >= 11 is 7.45. The minimum absolute atomic E-state index is 0.0149. The molecule has 10 heteroatoms. The van der Waals surface area contributed by atoms with Crippen LogP contribution in [-0.4, -0.2) is 41.6 Å². The molecule has 0 radical (unpaired) electrons. The lowest BCUT2D eigenvalue weighted by Crippen LogP contribution is -2.29. The van der Waals surface area contributed by atoms with Crippen LogP contribution in [0.15, 0.2) is 60.2 Å². The molecule has 3 aromatic carbocycles. The van der Waals surface area contributed by atoms with Crippen LogP contribution in [0, 0.1) is 0 Å². The van der Waals surface area contributed by atoms with Gasteiger partial charge < -0.3 is 19.3 Å². The van der Waals surface area contributed by atoms with Gasteiger partial charge in [0, 0.05) is 17.0 Å². The number of aromatic nitrogens is 1. The van der Waals surface area contributed by atoms with Crippen LogP contribution in [-0.2, 0) is 16.0 Å². The largest absolute Gasteiger partial charge is 0.507 e. The normalized spacial score (nSPS) is 19.3. The summed E-state index contributed by atoms with van der Waals surface area (Å²) in [4.78, 5) is 33.4. The number of halogens is 1. The van der Waals surface area contributed by atoms with Gasteiger partial charge in [0.2, 0.25) is 0 Å². The Bertz CT molecular complexity index is 1750. The summed E-state index contributed by atoms with van der Waals surface area (Å²) in [6.07, 6.45) is 2.56. The van der Waals surface area contributed by atoms with Crippen LogP contribution in [0.4, 0.5) is 5.13 Å². The highest BCUT2D eigenvalue weighted by Crippen LogP contribution is 2.46. The van der Waals surface area contributed by atoms with Gasteiger partial charge in [-0.1, -0.05) is 42.3 Å². The highest BCUT2D eigenvalue weighted by Gasteiger charge is 2.48. The first kappa shape index (κ1) is 28.1. The number of ether oxygens (including phenoxy) is 3. The molecule has 1 amide bonds. The van der Waals surface area contributed by atoms with E-state index in [1.54, 1.807) is 48.5 Å². The number of rotatable bonds is 8. The van der Waals surface area contributed by atoms with Crippen molar-refractivity contribution < 1.29 is 28.9 Å². The monoisotopic (exact) mass is 604 g/mol. The SMILES string of the molecule is CCCCOc1ccc([C@H]2/C(=C(\O)c3ccc4c(c3)C[C@@H](C)O4)C(=O)C(=O)N2c2nc3ccc(Cl)cc3s2)cc1OC.